The highest BCUT2D eigenvalue weighted by molar-refractivity contribution is 5.92. The quantitative estimate of drug-likeness (QED) is 0.863. The number of carbonyl (C=O) groups excluding carboxylic acids is 1. The molecule has 1 fully saturated rings. The Labute approximate surface area is 128 Å². The third kappa shape index (κ3) is 2.75. The fourth-order valence-electron chi connectivity index (χ4n) is 2.87. The topological polar surface area (TPSA) is 46.3 Å². The number of carbonyl (C=O) groups is 1. The van der Waals surface area contributed by atoms with E-state index < -0.39 is 0 Å². The first-order valence-electron chi connectivity index (χ1n) is 7.59. The molecular weight excluding hydrogens is 283 g/mol. The van der Waals surface area contributed by atoms with Gasteiger partial charge in [-0.05, 0) is 36.5 Å². The molecule has 4 nitrogen and oxygen atoms in total. The molecular formula is C17H19FN2O2. The Morgan fingerprint density at radius 1 is 1.41 bits per heavy atom. The van der Waals surface area contributed by atoms with Crippen LogP contribution in [0.15, 0.2) is 34.9 Å². The summed E-state index contributed by atoms with van der Waals surface area (Å²) < 4.78 is 18.6. The number of rotatable bonds is 3. The maximum atomic E-state index is 13.4. The van der Waals surface area contributed by atoms with Gasteiger partial charge in [-0.3, -0.25) is 4.79 Å². The van der Waals surface area contributed by atoms with Crippen LogP contribution in [0.1, 0.15) is 60.5 Å². The Bertz CT molecular complexity index is 681. The van der Waals surface area contributed by atoms with Crippen LogP contribution in [0.4, 0.5) is 4.39 Å². The molecule has 0 saturated carbocycles. The molecule has 0 aliphatic carbocycles. The number of amides is 1. The number of hydrogen-bond acceptors (Lipinski definition) is 3. The lowest BCUT2D eigenvalue weighted by Crippen LogP contribution is -2.30. The lowest BCUT2D eigenvalue weighted by Gasteiger charge is -2.23. The highest BCUT2D eigenvalue weighted by Crippen LogP contribution is 2.33. The molecule has 2 heterocycles. The number of nitrogens with zero attached hydrogens (tertiary/aromatic N) is 2. The molecule has 1 aromatic carbocycles. The van der Waals surface area contributed by atoms with Crippen LogP contribution in [0.25, 0.3) is 0 Å². The molecule has 1 unspecified atom stereocenters. The Kier molecular flexibility index (Phi) is 3.96. The summed E-state index contributed by atoms with van der Waals surface area (Å²) in [6.45, 7) is 4.65. The summed E-state index contributed by atoms with van der Waals surface area (Å²) in [5.41, 5.74) is 1.60. The van der Waals surface area contributed by atoms with Gasteiger partial charge in [-0.25, -0.2) is 4.39 Å². The molecule has 1 aromatic heterocycles. The summed E-state index contributed by atoms with van der Waals surface area (Å²) in [6, 6.07) is 8.05. The fourth-order valence-corrected chi connectivity index (χ4v) is 2.87. The lowest BCUT2D eigenvalue weighted by atomic mass is 10.0. The highest BCUT2D eigenvalue weighted by Gasteiger charge is 2.32. The number of hydrogen-bond donors (Lipinski definition) is 0. The van der Waals surface area contributed by atoms with Crippen molar-refractivity contribution in [1.29, 1.82) is 0 Å². The number of likely N-dealkylation sites (tertiary alicyclic amines) is 1. The second-order valence-electron chi connectivity index (χ2n) is 5.98. The smallest absolute Gasteiger partial charge is 0.292 e. The Hall–Kier alpha value is -2.17. The van der Waals surface area contributed by atoms with E-state index in [0.29, 0.717) is 6.54 Å². The van der Waals surface area contributed by atoms with Crippen LogP contribution < -0.4 is 0 Å². The van der Waals surface area contributed by atoms with E-state index in [9.17, 15) is 9.18 Å². The second kappa shape index (κ2) is 5.91. The Morgan fingerprint density at radius 2 is 2.23 bits per heavy atom. The lowest BCUT2D eigenvalue weighted by molar-refractivity contribution is 0.0693. The normalized spacial score (nSPS) is 18.2. The van der Waals surface area contributed by atoms with Crippen molar-refractivity contribution in [3.63, 3.8) is 0 Å². The van der Waals surface area contributed by atoms with Crippen LogP contribution >= 0.6 is 0 Å². The van der Waals surface area contributed by atoms with Crippen molar-refractivity contribution in [2.45, 2.75) is 38.6 Å². The number of aromatic nitrogens is 1. The van der Waals surface area contributed by atoms with E-state index in [1.54, 1.807) is 17.0 Å². The van der Waals surface area contributed by atoms with E-state index in [0.717, 1.165) is 24.1 Å². The Balaban J connectivity index is 1.84. The second-order valence-corrected chi connectivity index (χ2v) is 5.98. The average Bonchev–Trinajstić information content (AvgIpc) is 3.16. The van der Waals surface area contributed by atoms with Crippen molar-refractivity contribution >= 4 is 5.91 Å². The molecule has 0 radical (unpaired) electrons. The van der Waals surface area contributed by atoms with Gasteiger partial charge in [0.15, 0.2) is 0 Å². The first-order chi connectivity index (χ1) is 10.6. The van der Waals surface area contributed by atoms with Crippen molar-refractivity contribution in [3.8, 4) is 0 Å². The first kappa shape index (κ1) is 14.8. The number of benzene rings is 1. The van der Waals surface area contributed by atoms with E-state index in [1.807, 2.05) is 19.9 Å². The van der Waals surface area contributed by atoms with Gasteiger partial charge in [0.1, 0.15) is 5.82 Å². The molecule has 3 rings (SSSR count). The average molecular weight is 302 g/mol. The van der Waals surface area contributed by atoms with Gasteiger partial charge >= 0.3 is 0 Å². The van der Waals surface area contributed by atoms with Crippen LogP contribution in [0.2, 0.25) is 0 Å². The van der Waals surface area contributed by atoms with Crippen LogP contribution in [-0.2, 0) is 0 Å². The van der Waals surface area contributed by atoms with Gasteiger partial charge in [0.25, 0.3) is 5.91 Å². The largest absolute Gasteiger partial charge is 0.351 e. The minimum Gasteiger partial charge on any atom is -0.351 e. The summed E-state index contributed by atoms with van der Waals surface area (Å²) in [6.07, 6.45) is 1.73. The molecule has 0 N–H and O–H groups in total. The molecule has 0 bridgehead atoms. The minimum atomic E-state index is -0.279. The van der Waals surface area contributed by atoms with Crippen molar-refractivity contribution < 1.29 is 13.7 Å². The van der Waals surface area contributed by atoms with Gasteiger partial charge in [0.05, 0.1) is 11.7 Å². The molecule has 0 spiro atoms. The summed E-state index contributed by atoms with van der Waals surface area (Å²) in [4.78, 5) is 14.4. The predicted molar refractivity (Wildman–Crippen MR) is 80.0 cm³/mol. The van der Waals surface area contributed by atoms with Crippen LogP contribution in [0.5, 0.6) is 0 Å². The summed E-state index contributed by atoms with van der Waals surface area (Å²) in [5.74, 6) is 0.0135. The summed E-state index contributed by atoms with van der Waals surface area (Å²) in [7, 11) is 0. The zero-order valence-electron chi connectivity index (χ0n) is 12.8. The minimum absolute atomic E-state index is 0.101. The van der Waals surface area contributed by atoms with Gasteiger partial charge in [0.2, 0.25) is 5.76 Å². The van der Waals surface area contributed by atoms with Crippen molar-refractivity contribution in [3.05, 3.63) is 53.2 Å². The highest BCUT2D eigenvalue weighted by atomic mass is 19.1. The van der Waals surface area contributed by atoms with E-state index >= 15 is 0 Å². The van der Waals surface area contributed by atoms with E-state index in [-0.39, 0.29) is 29.4 Å². The first-order valence-corrected chi connectivity index (χ1v) is 7.59. The van der Waals surface area contributed by atoms with Crippen LogP contribution in [0, 0.1) is 5.82 Å². The summed E-state index contributed by atoms with van der Waals surface area (Å²) >= 11 is 0. The van der Waals surface area contributed by atoms with Gasteiger partial charge in [-0.1, -0.05) is 31.1 Å². The van der Waals surface area contributed by atoms with Crippen LogP contribution in [0.3, 0.4) is 0 Å². The monoisotopic (exact) mass is 302 g/mol. The van der Waals surface area contributed by atoms with Crippen molar-refractivity contribution in [2.75, 3.05) is 6.54 Å². The predicted octanol–water partition coefficient (Wildman–Crippen LogP) is 3.91. The summed E-state index contributed by atoms with van der Waals surface area (Å²) in [5, 5.41) is 3.94. The SMILES string of the molecule is CC(C)c1cc(C(=O)N2CCCC2c2cccc(F)c2)on1. The molecule has 5 heteroatoms. The maximum Gasteiger partial charge on any atom is 0.292 e. The Morgan fingerprint density at radius 3 is 2.91 bits per heavy atom. The van der Waals surface area contributed by atoms with Gasteiger partial charge in [-0.2, -0.15) is 0 Å². The van der Waals surface area contributed by atoms with Gasteiger partial charge in [-0.15, -0.1) is 0 Å². The number of halogens is 1. The molecule has 1 aliphatic heterocycles. The van der Waals surface area contributed by atoms with Crippen molar-refractivity contribution in [1.82, 2.24) is 10.1 Å². The maximum absolute atomic E-state index is 13.4. The van der Waals surface area contributed by atoms with Gasteiger partial charge < -0.3 is 9.42 Å². The standard InChI is InChI=1S/C17H19FN2O2/c1-11(2)14-10-16(22-19-14)17(21)20-8-4-7-15(20)12-5-3-6-13(18)9-12/h3,5-6,9-11,15H,4,7-8H2,1-2H3. The van der Waals surface area contributed by atoms with Crippen molar-refractivity contribution in [2.24, 2.45) is 0 Å². The third-order valence-electron chi connectivity index (χ3n) is 4.08. The third-order valence-corrected chi connectivity index (χ3v) is 4.08. The molecule has 116 valence electrons. The van der Waals surface area contributed by atoms with Gasteiger partial charge in [0, 0.05) is 12.6 Å². The molecule has 1 amide bonds. The van der Waals surface area contributed by atoms with E-state index in [2.05, 4.69) is 5.16 Å². The molecule has 2 aromatic rings. The molecule has 1 saturated heterocycles. The zero-order valence-corrected chi connectivity index (χ0v) is 12.8. The molecule has 1 aliphatic rings. The van der Waals surface area contributed by atoms with E-state index in [4.69, 9.17) is 4.52 Å². The zero-order chi connectivity index (χ0) is 15.7. The van der Waals surface area contributed by atoms with E-state index in [1.165, 1.54) is 12.1 Å². The molecule has 22 heavy (non-hydrogen) atoms. The molecule has 1 atom stereocenters. The van der Waals surface area contributed by atoms with Crippen LogP contribution in [-0.4, -0.2) is 22.5 Å². The fraction of sp³-hybridized carbons (Fsp3) is 0.412.